The van der Waals surface area contributed by atoms with Crippen LogP contribution >= 0.6 is 0 Å². The van der Waals surface area contributed by atoms with Gasteiger partial charge in [-0.2, -0.15) is 0 Å². The Balaban J connectivity index is 2.00. The fourth-order valence-corrected chi connectivity index (χ4v) is 3.76. The second-order valence-corrected chi connectivity index (χ2v) is 7.41. The van der Waals surface area contributed by atoms with Gasteiger partial charge in [-0.1, -0.05) is 69.7 Å². The first-order valence-corrected chi connectivity index (χ1v) is 10.5. The maximum atomic E-state index is 10.9. The molecule has 0 unspecified atom stereocenters. The highest BCUT2D eigenvalue weighted by molar-refractivity contribution is 5.85. The minimum Gasteiger partial charge on any atom is -0.545 e. The molecule has 4 heteroatoms. The van der Waals surface area contributed by atoms with E-state index in [2.05, 4.69) is 36.1 Å². The molecular weight excluding hydrogens is 336 g/mol. The highest BCUT2D eigenvalue weighted by Crippen LogP contribution is 2.12. The van der Waals surface area contributed by atoms with Gasteiger partial charge in [0.2, 0.25) is 0 Å². The molecule has 0 bridgehead atoms. The van der Waals surface area contributed by atoms with Crippen molar-refractivity contribution in [3.63, 3.8) is 0 Å². The predicted molar refractivity (Wildman–Crippen MR) is 107 cm³/mol. The molecule has 0 fully saturated rings. The van der Waals surface area contributed by atoms with E-state index in [1.165, 1.54) is 56.5 Å². The van der Waals surface area contributed by atoms with Gasteiger partial charge in [0.25, 0.3) is 5.82 Å². The first-order valence-electron chi connectivity index (χ1n) is 10.5. The van der Waals surface area contributed by atoms with Gasteiger partial charge in [-0.05, 0) is 24.5 Å². The van der Waals surface area contributed by atoms with E-state index < -0.39 is 5.97 Å². The van der Waals surface area contributed by atoms with E-state index in [-0.39, 0.29) is 5.56 Å². The lowest BCUT2D eigenvalue weighted by Gasteiger charge is -2.07. The summed E-state index contributed by atoms with van der Waals surface area (Å²) in [5.74, 6) is 0.245. The Labute approximate surface area is 163 Å². The van der Waals surface area contributed by atoms with E-state index in [1.807, 2.05) is 12.1 Å². The van der Waals surface area contributed by atoms with Crippen LogP contribution in [0.4, 0.5) is 0 Å². The number of hydrogen-bond donors (Lipinski definition) is 0. The number of hydrogen-bond acceptors (Lipinski definition) is 2. The van der Waals surface area contributed by atoms with Crippen molar-refractivity contribution < 1.29 is 14.5 Å². The summed E-state index contributed by atoms with van der Waals surface area (Å²) in [5.41, 5.74) is 2.62. The van der Waals surface area contributed by atoms with Crippen molar-refractivity contribution in [2.75, 3.05) is 0 Å². The van der Waals surface area contributed by atoms with Crippen LogP contribution in [0.2, 0.25) is 0 Å². The SMILES string of the molecule is CCCCCCCCCc1n(CC)c(C)c[n+]1Cc1ccc(C(=O)[O-])cc1. The number of benzene rings is 1. The summed E-state index contributed by atoms with van der Waals surface area (Å²) in [6.07, 6.45) is 12.5. The maximum absolute atomic E-state index is 10.9. The predicted octanol–water partition coefficient (Wildman–Crippen LogP) is 3.81. The van der Waals surface area contributed by atoms with Crippen LogP contribution in [0, 0.1) is 6.92 Å². The lowest BCUT2D eigenvalue weighted by Crippen LogP contribution is -2.37. The number of aromatic carboxylic acids is 1. The Bertz CT molecular complexity index is 717. The topological polar surface area (TPSA) is 48.9 Å². The minimum atomic E-state index is -1.12. The van der Waals surface area contributed by atoms with Gasteiger partial charge in [-0.25, -0.2) is 9.13 Å². The third kappa shape index (κ3) is 6.23. The summed E-state index contributed by atoms with van der Waals surface area (Å²) in [6, 6.07) is 7.03. The van der Waals surface area contributed by atoms with Crippen molar-refractivity contribution in [3.05, 3.63) is 53.1 Å². The van der Waals surface area contributed by atoms with Gasteiger partial charge in [0, 0.05) is 13.3 Å². The first-order chi connectivity index (χ1) is 13.1. The van der Waals surface area contributed by atoms with Crippen LogP contribution < -0.4 is 9.67 Å². The van der Waals surface area contributed by atoms with E-state index in [4.69, 9.17) is 0 Å². The van der Waals surface area contributed by atoms with E-state index in [9.17, 15) is 9.90 Å². The number of aromatic nitrogens is 2. The number of carboxylic acid groups (broad SMARTS) is 1. The molecule has 0 spiro atoms. The zero-order valence-corrected chi connectivity index (χ0v) is 17.2. The van der Waals surface area contributed by atoms with E-state index in [0.29, 0.717) is 0 Å². The number of imidazole rings is 1. The molecule has 2 rings (SSSR count). The second kappa shape index (κ2) is 10.9. The van der Waals surface area contributed by atoms with Crippen LogP contribution in [0.25, 0.3) is 0 Å². The Morgan fingerprint density at radius 3 is 2.22 bits per heavy atom. The van der Waals surface area contributed by atoms with Gasteiger partial charge >= 0.3 is 0 Å². The number of carbonyl (C=O) groups excluding carboxylic acids is 1. The lowest BCUT2D eigenvalue weighted by atomic mass is 10.1. The van der Waals surface area contributed by atoms with Crippen molar-refractivity contribution in [2.24, 2.45) is 0 Å². The fourth-order valence-electron chi connectivity index (χ4n) is 3.76. The molecular formula is C23H34N2O2. The normalized spacial score (nSPS) is 11.1. The van der Waals surface area contributed by atoms with Gasteiger partial charge in [0.05, 0.1) is 12.5 Å². The molecule has 0 amide bonds. The fraction of sp³-hybridized carbons (Fsp3) is 0.565. The second-order valence-electron chi connectivity index (χ2n) is 7.41. The highest BCUT2D eigenvalue weighted by Gasteiger charge is 2.19. The smallest absolute Gasteiger partial charge is 0.256 e. The van der Waals surface area contributed by atoms with Gasteiger partial charge in [-0.15, -0.1) is 0 Å². The highest BCUT2D eigenvalue weighted by atomic mass is 16.4. The molecule has 0 aliphatic carbocycles. The minimum absolute atomic E-state index is 0.231. The number of carboxylic acids is 1. The standard InChI is InChI=1S/C23H34N2O2/c1-4-6-7-8-9-10-11-12-22-24(17-19(3)25(22)5-2)18-20-13-15-21(16-14-20)23(26)27/h13-17H,4-12,18H2,1-3H3. The summed E-state index contributed by atoms with van der Waals surface area (Å²) in [7, 11) is 0. The number of unbranched alkanes of at least 4 members (excludes halogenated alkanes) is 6. The summed E-state index contributed by atoms with van der Waals surface area (Å²) in [6.45, 7) is 8.36. The summed E-state index contributed by atoms with van der Waals surface area (Å²) in [5, 5.41) is 10.9. The zero-order chi connectivity index (χ0) is 19.6. The van der Waals surface area contributed by atoms with Crippen molar-refractivity contribution in [2.45, 2.75) is 85.2 Å². The van der Waals surface area contributed by atoms with Crippen LogP contribution in [0.5, 0.6) is 0 Å². The molecule has 1 aromatic carbocycles. The number of aryl methyl sites for hydroxylation is 1. The average Bonchev–Trinajstić information content (AvgIpc) is 2.95. The zero-order valence-electron chi connectivity index (χ0n) is 17.2. The van der Waals surface area contributed by atoms with E-state index in [0.717, 1.165) is 25.1 Å². The van der Waals surface area contributed by atoms with Crippen molar-refractivity contribution in [1.29, 1.82) is 0 Å². The number of nitrogens with zero attached hydrogens (tertiary/aromatic N) is 2. The molecule has 0 atom stereocenters. The van der Waals surface area contributed by atoms with Gasteiger partial charge in [0.1, 0.15) is 18.4 Å². The lowest BCUT2D eigenvalue weighted by molar-refractivity contribution is -0.695. The largest absolute Gasteiger partial charge is 0.545 e. The Hall–Kier alpha value is -2.10. The van der Waals surface area contributed by atoms with Crippen LogP contribution in [-0.2, 0) is 19.5 Å². The molecule has 1 heterocycles. The molecule has 0 saturated heterocycles. The molecule has 0 radical (unpaired) electrons. The van der Waals surface area contributed by atoms with Gasteiger partial charge < -0.3 is 9.90 Å². The Morgan fingerprint density at radius 1 is 1.00 bits per heavy atom. The third-order valence-electron chi connectivity index (χ3n) is 5.27. The van der Waals surface area contributed by atoms with Crippen LogP contribution in [-0.4, -0.2) is 10.5 Å². The van der Waals surface area contributed by atoms with Gasteiger partial charge in [-0.3, -0.25) is 0 Å². The molecule has 1 aromatic heterocycles. The third-order valence-corrected chi connectivity index (χ3v) is 5.27. The Kier molecular flexibility index (Phi) is 8.56. The number of rotatable bonds is 12. The average molecular weight is 371 g/mol. The van der Waals surface area contributed by atoms with Crippen molar-refractivity contribution in [3.8, 4) is 0 Å². The summed E-state index contributed by atoms with van der Waals surface area (Å²) < 4.78 is 4.72. The van der Waals surface area contributed by atoms with E-state index in [1.54, 1.807) is 12.1 Å². The van der Waals surface area contributed by atoms with Crippen LogP contribution in [0.15, 0.2) is 30.5 Å². The molecule has 148 valence electrons. The van der Waals surface area contributed by atoms with Crippen LogP contribution in [0.1, 0.15) is 86.2 Å². The summed E-state index contributed by atoms with van der Waals surface area (Å²) in [4.78, 5) is 10.9. The van der Waals surface area contributed by atoms with Crippen LogP contribution in [0.3, 0.4) is 0 Å². The monoisotopic (exact) mass is 370 g/mol. The van der Waals surface area contributed by atoms with Crippen molar-refractivity contribution in [1.82, 2.24) is 4.57 Å². The molecule has 0 aliphatic heterocycles. The molecule has 27 heavy (non-hydrogen) atoms. The summed E-state index contributed by atoms with van der Waals surface area (Å²) >= 11 is 0. The van der Waals surface area contributed by atoms with Gasteiger partial charge in [0.15, 0.2) is 0 Å². The Morgan fingerprint density at radius 2 is 1.63 bits per heavy atom. The van der Waals surface area contributed by atoms with Crippen molar-refractivity contribution >= 4 is 5.97 Å². The van der Waals surface area contributed by atoms with E-state index >= 15 is 0 Å². The first kappa shape index (κ1) is 21.2. The maximum Gasteiger partial charge on any atom is 0.256 e. The molecule has 0 N–H and O–H groups in total. The molecule has 4 nitrogen and oxygen atoms in total. The molecule has 0 saturated carbocycles. The quantitative estimate of drug-likeness (QED) is 0.421. The molecule has 0 aliphatic rings. The number of carbonyl (C=O) groups is 1. The molecule has 2 aromatic rings.